The van der Waals surface area contributed by atoms with E-state index in [-0.39, 0.29) is 19.1 Å². The number of carboxylic acids is 1. The molecule has 2 saturated heterocycles. The summed E-state index contributed by atoms with van der Waals surface area (Å²) in [7, 11) is -3.58. The molecular weight excluding hydrogens is 272 g/mol. The molecule has 2 unspecified atom stereocenters. The molecule has 0 amide bonds. The Balaban J connectivity index is 2.05. The van der Waals surface area contributed by atoms with Crippen LogP contribution in [-0.4, -0.2) is 66.0 Å². The predicted molar refractivity (Wildman–Crippen MR) is 67.6 cm³/mol. The Hall–Kier alpha value is -0.700. The summed E-state index contributed by atoms with van der Waals surface area (Å²) in [5, 5.41) is 18.1. The zero-order valence-electron chi connectivity index (χ0n) is 10.7. The number of carbonyl (C=O) groups is 1. The molecule has 2 aliphatic heterocycles. The van der Waals surface area contributed by atoms with Gasteiger partial charge in [0.2, 0.25) is 0 Å². The lowest BCUT2D eigenvalue weighted by molar-refractivity contribution is -0.142. The monoisotopic (exact) mass is 292 g/mol. The van der Waals surface area contributed by atoms with E-state index in [0.717, 1.165) is 0 Å². The summed E-state index contributed by atoms with van der Waals surface area (Å²) in [6.45, 7) is 1.16. The molecule has 110 valence electrons. The number of aliphatic hydroxyl groups is 1. The average Bonchev–Trinajstić information content (AvgIpc) is 2.88. The van der Waals surface area contributed by atoms with E-state index in [4.69, 9.17) is 10.2 Å². The fourth-order valence-electron chi connectivity index (χ4n) is 2.67. The molecular formula is C11H20N2O5S. The van der Waals surface area contributed by atoms with Crippen molar-refractivity contribution in [1.82, 2.24) is 8.61 Å². The maximum Gasteiger partial charge on any atom is 0.307 e. The minimum absolute atomic E-state index is 0.00478. The number of aliphatic hydroxyl groups excluding tert-OH is 1. The maximum atomic E-state index is 12.4. The molecule has 0 bridgehead atoms. The van der Waals surface area contributed by atoms with E-state index in [9.17, 15) is 13.2 Å². The van der Waals surface area contributed by atoms with Gasteiger partial charge >= 0.3 is 5.97 Å². The van der Waals surface area contributed by atoms with Gasteiger partial charge in [-0.2, -0.15) is 17.0 Å². The van der Waals surface area contributed by atoms with Gasteiger partial charge in [0, 0.05) is 32.8 Å². The Morgan fingerprint density at radius 3 is 2.42 bits per heavy atom. The fraction of sp³-hybridized carbons (Fsp3) is 0.909. The maximum absolute atomic E-state index is 12.4. The van der Waals surface area contributed by atoms with Crippen molar-refractivity contribution in [3.05, 3.63) is 0 Å². The number of aliphatic carboxylic acids is 1. The van der Waals surface area contributed by atoms with Crippen LogP contribution < -0.4 is 0 Å². The van der Waals surface area contributed by atoms with Crippen LogP contribution in [0.2, 0.25) is 0 Å². The van der Waals surface area contributed by atoms with Crippen molar-refractivity contribution in [2.45, 2.75) is 19.3 Å². The van der Waals surface area contributed by atoms with Crippen molar-refractivity contribution in [2.75, 3.05) is 32.8 Å². The number of hydrogen-bond donors (Lipinski definition) is 2. The van der Waals surface area contributed by atoms with E-state index >= 15 is 0 Å². The van der Waals surface area contributed by atoms with E-state index in [0.29, 0.717) is 38.9 Å². The van der Waals surface area contributed by atoms with Gasteiger partial charge in [0.15, 0.2) is 0 Å². The quantitative estimate of drug-likeness (QED) is 0.717. The van der Waals surface area contributed by atoms with Crippen LogP contribution in [0.1, 0.15) is 19.3 Å². The van der Waals surface area contributed by atoms with Crippen LogP contribution in [0.3, 0.4) is 0 Å². The molecule has 0 spiro atoms. The van der Waals surface area contributed by atoms with Crippen LogP contribution >= 0.6 is 0 Å². The number of nitrogens with zero attached hydrogens (tertiary/aromatic N) is 2. The molecule has 0 aromatic rings. The standard InChI is InChI=1S/C11H20N2O5S/c14-8-9-3-5-13(6-9)19(17,18)12-4-1-2-10(7-12)11(15)16/h9-10,14H,1-8H2,(H,15,16). The van der Waals surface area contributed by atoms with Gasteiger partial charge in [0.1, 0.15) is 0 Å². The van der Waals surface area contributed by atoms with Gasteiger partial charge in [-0.05, 0) is 25.2 Å². The third-order valence-corrected chi connectivity index (χ3v) is 5.86. The van der Waals surface area contributed by atoms with E-state index in [2.05, 4.69) is 0 Å². The van der Waals surface area contributed by atoms with Crippen molar-refractivity contribution in [3.63, 3.8) is 0 Å². The molecule has 0 aromatic heterocycles. The van der Waals surface area contributed by atoms with Crippen LogP contribution in [0.4, 0.5) is 0 Å². The first-order valence-corrected chi connectivity index (χ1v) is 7.93. The smallest absolute Gasteiger partial charge is 0.307 e. The normalized spacial score (nSPS) is 30.6. The van der Waals surface area contributed by atoms with Gasteiger partial charge < -0.3 is 10.2 Å². The molecule has 2 N–H and O–H groups in total. The van der Waals surface area contributed by atoms with Crippen molar-refractivity contribution in [3.8, 4) is 0 Å². The Kier molecular flexibility index (Phi) is 4.44. The zero-order valence-corrected chi connectivity index (χ0v) is 11.5. The Labute approximate surface area is 113 Å². The molecule has 7 nitrogen and oxygen atoms in total. The van der Waals surface area contributed by atoms with Gasteiger partial charge in [-0.1, -0.05) is 0 Å². The molecule has 2 aliphatic rings. The number of rotatable bonds is 4. The van der Waals surface area contributed by atoms with E-state index < -0.39 is 22.1 Å². The van der Waals surface area contributed by atoms with Crippen LogP contribution in [0.5, 0.6) is 0 Å². The third kappa shape index (κ3) is 3.07. The second-order valence-electron chi connectivity index (χ2n) is 5.24. The highest BCUT2D eigenvalue weighted by Crippen LogP contribution is 2.25. The second-order valence-corrected chi connectivity index (χ2v) is 7.17. The first-order valence-electron chi connectivity index (χ1n) is 6.54. The molecule has 2 atom stereocenters. The Morgan fingerprint density at radius 1 is 1.16 bits per heavy atom. The summed E-state index contributed by atoms with van der Waals surface area (Å²) in [5.74, 6) is -1.55. The topological polar surface area (TPSA) is 98.2 Å². The van der Waals surface area contributed by atoms with Gasteiger partial charge in [-0.25, -0.2) is 0 Å². The van der Waals surface area contributed by atoms with E-state index in [1.165, 1.54) is 8.61 Å². The highest BCUT2D eigenvalue weighted by Gasteiger charge is 2.38. The number of carboxylic acid groups (broad SMARTS) is 1. The largest absolute Gasteiger partial charge is 0.481 e. The molecule has 0 saturated carbocycles. The summed E-state index contributed by atoms with van der Waals surface area (Å²) in [4.78, 5) is 11.0. The number of piperidine rings is 1. The molecule has 19 heavy (non-hydrogen) atoms. The summed E-state index contributed by atoms with van der Waals surface area (Å²) in [6, 6.07) is 0. The lowest BCUT2D eigenvalue weighted by Gasteiger charge is -2.32. The molecule has 0 radical (unpaired) electrons. The van der Waals surface area contributed by atoms with Crippen LogP contribution in [0, 0.1) is 11.8 Å². The summed E-state index contributed by atoms with van der Waals surface area (Å²) in [6.07, 6.45) is 1.76. The van der Waals surface area contributed by atoms with Crippen LogP contribution in [0.25, 0.3) is 0 Å². The molecule has 0 aliphatic carbocycles. The van der Waals surface area contributed by atoms with Gasteiger partial charge in [0.25, 0.3) is 10.2 Å². The molecule has 0 aromatic carbocycles. The van der Waals surface area contributed by atoms with Gasteiger partial charge in [0.05, 0.1) is 5.92 Å². The third-order valence-electron chi connectivity index (χ3n) is 3.89. The van der Waals surface area contributed by atoms with Crippen LogP contribution in [-0.2, 0) is 15.0 Å². The lowest BCUT2D eigenvalue weighted by atomic mass is 10.0. The summed E-state index contributed by atoms with van der Waals surface area (Å²) < 4.78 is 27.4. The van der Waals surface area contributed by atoms with Crippen molar-refractivity contribution in [1.29, 1.82) is 0 Å². The van der Waals surface area contributed by atoms with Gasteiger partial charge in [-0.3, -0.25) is 4.79 Å². The van der Waals surface area contributed by atoms with E-state index in [1.54, 1.807) is 0 Å². The minimum Gasteiger partial charge on any atom is -0.481 e. The average molecular weight is 292 g/mol. The Bertz CT molecular complexity index is 438. The highest BCUT2D eigenvalue weighted by molar-refractivity contribution is 7.86. The SMILES string of the molecule is O=C(O)C1CCCN(S(=O)(=O)N2CCC(CO)C2)C1. The van der Waals surface area contributed by atoms with E-state index in [1.807, 2.05) is 0 Å². The van der Waals surface area contributed by atoms with Crippen molar-refractivity contribution < 1.29 is 23.4 Å². The van der Waals surface area contributed by atoms with Gasteiger partial charge in [-0.15, -0.1) is 0 Å². The second kappa shape index (κ2) is 5.74. The predicted octanol–water partition coefficient (Wildman–Crippen LogP) is -0.658. The molecule has 8 heteroatoms. The zero-order chi connectivity index (χ0) is 14.0. The number of hydrogen-bond acceptors (Lipinski definition) is 4. The first kappa shape index (κ1) is 14.7. The summed E-state index contributed by atoms with van der Waals surface area (Å²) >= 11 is 0. The highest BCUT2D eigenvalue weighted by atomic mass is 32.2. The fourth-order valence-corrected chi connectivity index (χ4v) is 4.46. The minimum atomic E-state index is -3.58. The first-order chi connectivity index (χ1) is 8.95. The molecule has 2 rings (SSSR count). The Morgan fingerprint density at radius 2 is 1.84 bits per heavy atom. The van der Waals surface area contributed by atoms with Crippen molar-refractivity contribution in [2.24, 2.45) is 11.8 Å². The lowest BCUT2D eigenvalue weighted by Crippen LogP contribution is -2.48. The molecule has 2 heterocycles. The van der Waals surface area contributed by atoms with Crippen molar-refractivity contribution >= 4 is 16.2 Å². The molecule has 2 fully saturated rings. The summed E-state index contributed by atoms with van der Waals surface area (Å²) in [5.41, 5.74) is 0. The van der Waals surface area contributed by atoms with Crippen LogP contribution in [0.15, 0.2) is 0 Å².